The zero-order chi connectivity index (χ0) is 22.9. The Labute approximate surface area is 193 Å². The predicted molar refractivity (Wildman–Crippen MR) is 118 cm³/mol. The summed E-state index contributed by atoms with van der Waals surface area (Å²) in [7, 11) is -2.41. The van der Waals surface area contributed by atoms with E-state index in [0.717, 1.165) is 11.3 Å². The summed E-state index contributed by atoms with van der Waals surface area (Å²) in [5.41, 5.74) is 0.285. The van der Waals surface area contributed by atoms with Crippen LogP contribution in [0.15, 0.2) is 47.4 Å². The first kappa shape index (κ1) is 22.6. The topological polar surface area (TPSA) is 101 Å². The number of benzene rings is 2. The van der Waals surface area contributed by atoms with Gasteiger partial charge in [-0.05, 0) is 49.2 Å². The molecule has 3 aromatic rings. The van der Waals surface area contributed by atoms with E-state index in [1.807, 2.05) is 0 Å². The molecule has 8 nitrogen and oxygen atoms in total. The zero-order valence-electron chi connectivity index (χ0n) is 16.8. The van der Waals surface area contributed by atoms with Gasteiger partial charge in [0, 0.05) is 12.2 Å². The van der Waals surface area contributed by atoms with Gasteiger partial charge in [0.2, 0.25) is 15.0 Å². The second-order valence-electron chi connectivity index (χ2n) is 6.98. The van der Waals surface area contributed by atoms with Crippen LogP contribution in [-0.2, 0) is 10.0 Å². The summed E-state index contributed by atoms with van der Waals surface area (Å²) < 4.78 is 46.3. The molecule has 1 saturated heterocycles. The molecule has 0 saturated carbocycles. The molecule has 0 radical (unpaired) electrons. The van der Waals surface area contributed by atoms with Crippen LogP contribution in [-0.4, -0.2) is 42.5 Å². The van der Waals surface area contributed by atoms with Crippen molar-refractivity contribution in [2.45, 2.75) is 23.8 Å². The molecule has 0 unspecified atom stereocenters. The van der Waals surface area contributed by atoms with Gasteiger partial charge in [-0.15, -0.1) is 10.2 Å². The van der Waals surface area contributed by atoms with Gasteiger partial charge in [0.25, 0.3) is 5.91 Å². The number of carbonyl (C=O) groups excluding carboxylic acids is 1. The van der Waals surface area contributed by atoms with E-state index in [2.05, 4.69) is 15.5 Å². The van der Waals surface area contributed by atoms with E-state index in [4.69, 9.17) is 16.3 Å². The molecule has 1 amide bonds. The minimum Gasteiger partial charge on any atom is -0.495 e. The normalized spacial score (nSPS) is 16.8. The Morgan fingerprint density at radius 1 is 1.28 bits per heavy atom. The molecule has 0 spiro atoms. The van der Waals surface area contributed by atoms with Crippen LogP contribution in [0.25, 0.3) is 0 Å². The number of hydrogen-bond acceptors (Lipinski definition) is 7. The molecular weight excluding hydrogens is 479 g/mol. The van der Waals surface area contributed by atoms with E-state index in [1.165, 1.54) is 47.8 Å². The van der Waals surface area contributed by atoms with E-state index in [9.17, 15) is 17.6 Å². The number of nitrogens with zero attached hydrogens (tertiary/aromatic N) is 3. The number of ether oxygens (including phenoxy) is 1. The number of aromatic nitrogens is 2. The molecule has 12 heteroatoms. The standard InChI is InChI=1S/C20H18ClFN4O4S2/c1-30-17-8-7-14(11-15(17)21)32(28,29)26-9-3-6-16(26)19-24-25-20(31-19)18(27)23-13-5-2-4-12(22)10-13/h2,4-5,7-8,10-11,16H,3,6,9H2,1H3,(H,23,27)/t16-/m0/s1. The molecule has 32 heavy (non-hydrogen) atoms. The van der Waals surface area contributed by atoms with Crippen molar-refractivity contribution >= 4 is 44.6 Å². The maximum atomic E-state index is 13.3. The number of rotatable bonds is 6. The number of halogens is 2. The summed E-state index contributed by atoms with van der Waals surface area (Å²) in [5, 5.41) is 11.2. The van der Waals surface area contributed by atoms with Gasteiger partial charge in [0.1, 0.15) is 16.6 Å². The zero-order valence-corrected chi connectivity index (χ0v) is 19.2. The van der Waals surface area contributed by atoms with Crippen LogP contribution in [0, 0.1) is 5.82 Å². The molecule has 0 aliphatic carbocycles. The lowest BCUT2D eigenvalue weighted by atomic mass is 10.2. The highest BCUT2D eigenvalue weighted by molar-refractivity contribution is 7.89. The molecule has 1 atom stereocenters. The highest BCUT2D eigenvalue weighted by Gasteiger charge is 2.38. The maximum absolute atomic E-state index is 13.3. The minimum absolute atomic E-state index is 0.0452. The Hall–Kier alpha value is -2.60. The largest absolute Gasteiger partial charge is 0.495 e. The lowest BCUT2D eigenvalue weighted by molar-refractivity contribution is 0.102. The Bertz CT molecular complexity index is 1270. The lowest BCUT2D eigenvalue weighted by Crippen LogP contribution is -2.30. The average Bonchev–Trinajstić information content (AvgIpc) is 3.43. The summed E-state index contributed by atoms with van der Waals surface area (Å²) in [5.74, 6) is -0.651. The first-order valence-electron chi connectivity index (χ1n) is 9.55. The van der Waals surface area contributed by atoms with Crippen molar-refractivity contribution in [2.75, 3.05) is 19.0 Å². The van der Waals surface area contributed by atoms with E-state index in [-0.39, 0.29) is 20.6 Å². The van der Waals surface area contributed by atoms with Gasteiger partial charge in [-0.3, -0.25) is 4.79 Å². The molecule has 2 aromatic carbocycles. The lowest BCUT2D eigenvalue weighted by Gasteiger charge is -2.22. The van der Waals surface area contributed by atoms with Crippen LogP contribution in [0.2, 0.25) is 5.02 Å². The fraction of sp³-hybridized carbons (Fsp3) is 0.250. The van der Waals surface area contributed by atoms with Crippen molar-refractivity contribution < 1.29 is 22.3 Å². The SMILES string of the molecule is COc1ccc(S(=O)(=O)N2CCC[C@H]2c2nnc(C(=O)Nc3cccc(F)c3)s2)cc1Cl. The van der Waals surface area contributed by atoms with Gasteiger partial charge >= 0.3 is 0 Å². The molecular formula is C20H18ClFN4O4S2. The van der Waals surface area contributed by atoms with Crippen LogP contribution in [0.4, 0.5) is 10.1 Å². The van der Waals surface area contributed by atoms with Gasteiger partial charge in [-0.25, -0.2) is 12.8 Å². The Kier molecular flexibility index (Phi) is 6.42. The molecule has 168 valence electrons. The molecule has 1 aromatic heterocycles. The predicted octanol–water partition coefficient (Wildman–Crippen LogP) is 4.12. The van der Waals surface area contributed by atoms with Crippen LogP contribution in [0.3, 0.4) is 0 Å². The van der Waals surface area contributed by atoms with E-state index < -0.39 is 27.8 Å². The van der Waals surface area contributed by atoms with Crippen LogP contribution >= 0.6 is 22.9 Å². The van der Waals surface area contributed by atoms with Crippen molar-refractivity contribution in [1.82, 2.24) is 14.5 Å². The third-order valence-electron chi connectivity index (χ3n) is 4.94. The molecule has 1 aliphatic heterocycles. The van der Waals surface area contributed by atoms with Crippen molar-refractivity contribution in [2.24, 2.45) is 0 Å². The molecule has 1 aliphatic rings. The highest BCUT2D eigenvalue weighted by Crippen LogP contribution is 2.39. The van der Waals surface area contributed by atoms with Crippen molar-refractivity contribution in [3.63, 3.8) is 0 Å². The van der Waals surface area contributed by atoms with Gasteiger partial charge in [-0.2, -0.15) is 4.31 Å². The van der Waals surface area contributed by atoms with E-state index in [0.29, 0.717) is 30.1 Å². The minimum atomic E-state index is -3.86. The van der Waals surface area contributed by atoms with E-state index >= 15 is 0 Å². The first-order valence-corrected chi connectivity index (χ1v) is 12.2. The quantitative estimate of drug-likeness (QED) is 0.551. The fourth-order valence-electron chi connectivity index (χ4n) is 3.43. The third kappa shape index (κ3) is 4.46. The van der Waals surface area contributed by atoms with Gasteiger partial charge in [0.15, 0.2) is 0 Å². The van der Waals surface area contributed by atoms with Gasteiger partial charge in [-0.1, -0.05) is 29.0 Å². The highest BCUT2D eigenvalue weighted by atomic mass is 35.5. The van der Waals surface area contributed by atoms with Crippen LogP contribution < -0.4 is 10.1 Å². The molecule has 0 bridgehead atoms. The second-order valence-corrected chi connectivity index (χ2v) is 10.3. The summed E-state index contributed by atoms with van der Waals surface area (Å²) in [6, 6.07) is 9.22. The molecule has 4 rings (SSSR count). The van der Waals surface area contributed by atoms with Gasteiger partial charge in [0.05, 0.1) is 23.1 Å². The number of anilines is 1. The molecule has 1 N–H and O–H groups in total. The number of nitrogens with one attached hydrogen (secondary N) is 1. The number of amides is 1. The third-order valence-corrected chi connectivity index (χ3v) is 8.16. The number of hydrogen-bond donors (Lipinski definition) is 1. The Morgan fingerprint density at radius 3 is 2.81 bits per heavy atom. The van der Waals surface area contributed by atoms with Gasteiger partial charge < -0.3 is 10.1 Å². The molecule has 2 heterocycles. The summed E-state index contributed by atoms with van der Waals surface area (Å²) in [6.07, 6.45) is 1.18. The van der Waals surface area contributed by atoms with Crippen LogP contribution in [0.5, 0.6) is 5.75 Å². The van der Waals surface area contributed by atoms with Crippen molar-refractivity contribution in [3.05, 3.63) is 63.3 Å². The Balaban J connectivity index is 1.55. The monoisotopic (exact) mass is 496 g/mol. The summed E-state index contributed by atoms with van der Waals surface area (Å²) in [4.78, 5) is 12.5. The fourth-order valence-corrected chi connectivity index (χ4v) is 6.39. The number of methoxy groups -OCH3 is 1. The maximum Gasteiger partial charge on any atom is 0.286 e. The van der Waals surface area contributed by atoms with E-state index in [1.54, 1.807) is 6.07 Å². The molecule has 1 fully saturated rings. The summed E-state index contributed by atoms with van der Waals surface area (Å²) in [6.45, 7) is 0.307. The van der Waals surface area contributed by atoms with Crippen molar-refractivity contribution in [3.8, 4) is 5.75 Å². The first-order chi connectivity index (χ1) is 15.3. The summed E-state index contributed by atoms with van der Waals surface area (Å²) >= 11 is 7.12. The van der Waals surface area contributed by atoms with Crippen LogP contribution in [0.1, 0.15) is 33.7 Å². The number of carbonyl (C=O) groups is 1. The smallest absolute Gasteiger partial charge is 0.286 e. The number of sulfonamides is 1. The average molecular weight is 497 g/mol. The Morgan fingerprint density at radius 2 is 2.09 bits per heavy atom. The van der Waals surface area contributed by atoms with Crippen molar-refractivity contribution in [1.29, 1.82) is 0 Å². The second kappa shape index (κ2) is 9.10.